The average Bonchev–Trinajstić information content (AvgIpc) is 2.94. The minimum absolute atomic E-state index is 0.362. The summed E-state index contributed by atoms with van der Waals surface area (Å²) < 4.78 is 5.35. The Kier molecular flexibility index (Phi) is 3.27. The number of methoxy groups -OCH3 is 1. The Morgan fingerprint density at radius 1 is 1.53 bits per heavy atom. The Balaban J connectivity index is 2.28. The Labute approximate surface area is 104 Å². The predicted octanol–water partition coefficient (Wildman–Crippen LogP) is 4.44. The maximum atomic E-state index is 6.00. The molecule has 0 heterocycles. The molecule has 3 atom stereocenters. The minimum Gasteiger partial charge on any atom is -0.496 e. The molecule has 0 aliphatic heterocycles. The van der Waals surface area contributed by atoms with Gasteiger partial charge in [0.1, 0.15) is 5.75 Å². The molecule has 1 aromatic carbocycles. The number of halogens is 2. The minimum atomic E-state index is 0.362. The van der Waals surface area contributed by atoms with E-state index in [0.29, 0.717) is 4.83 Å². The summed E-state index contributed by atoms with van der Waals surface area (Å²) in [6.45, 7) is 2.27. The van der Waals surface area contributed by atoms with Crippen molar-refractivity contribution in [2.24, 2.45) is 11.8 Å². The second-order valence-corrected chi connectivity index (χ2v) is 5.59. The molecule has 3 unspecified atom stereocenters. The molecule has 1 saturated carbocycles. The third-order valence-corrected chi connectivity index (χ3v) is 4.44. The van der Waals surface area contributed by atoms with Gasteiger partial charge in [-0.3, -0.25) is 0 Å². The van der Waals surface area contributed by atoms with Crippen LogP contribution in [0.5, 0.6) is 5.75 Å². The summed E-state index contributed by atoms with van der Waals surface area (Å²) in [5, 5.41) is 0.767. The van der Waals surface area contributed by atoms with Gasteiger partial charge in [0.05, 0.1) is 7.11 Å². The molecular weight excluding hydrogens is 275 g/mol. The highest BCUT2D eigenvalue weighted by molar-refractivity contribution is 9.09. The molecule has 0 aromatic heterocycles. The van der Waals surface area contributed by atoms with Crippen molar-refractivity contribution in [1.29, 1.82) is 0 Å². The Morgan fingerprint density at radius 3 is 2.73 bits per heavy atom. The number of hydrogen-bond donors (Lipinski definition) is 0. The molecule has 2 rings (SSSR count). The number of ether oxygens (including phenoxy) is 1. The molecule has 0 amide bonds. The Bertz CT molecular complexity index is 367. The molecule has 1 aromatic rings. The lowest BCUT2D eigenvalue weighted by Crippen LogP contribution is -1.98. The Hall–Kier alpha value is -0.210. The van der Waals surface area contributed by atoms with Gasteiger partial charge in [0.15, 0.2) is 0 Å². The van der Waals surface area contributed by atoms with Crippen molar-refractivity contribution in [1.82, 2.24) is 0 Å². The first kappa shape index (κ1) is 11.3. The first-order chi connectivity index (χ1) is 7.13. The summed E-state index contributed by atoms with van der Waals surface area (Å²) >= 11 is 9.74. The van der Waals surface area contributed by atoms with Gasteiger partial charge in [0, 0.05) is 15.4 Å². The van der Waals surface area contributed by atoms with E-state index in [1.807, 2.05) is 18.2 Å². The molecule has 0 saturated heterocycles. The van der Waals surface area contributed by atoms with Crippen molar-refractivity contribution in [3.05, 3.63) is 28.8 Å². The molecular formula is C12H14BrClO. The topological polar surface area (TPSA) is 9.23 Å². The third-order valence-electron chi connectivity index (χ3n) is 3.04. The highest BCUT2D eigenvalue weighted by atomic mass is 79.9. The molecule has 0 bridgehead atoms. The van der Waals surface area contributed by atoms with E-state index in [1.165, 1.54) is 12.0 Å². The van der Waals surface area contributed by atoms with Crippen LogP contribution in [0.25, 0.3) is 0 Å². The molecule has 3 heteroatoms. The first-order valence-electron chi connectivity index (χ1n) is 5.11. The van der Waals surface area contributed by atoms with Crippen molar-refractivity contribution in [2.45, 2.75) is 18.2 Å². The van der Waals surface area contributed by atoms with Crippen LogP contribution in [0.1, 0.15) is 23.7 Å². The fourth-order valence-corrected chi connectivity index (χ4v) is 3.19. The lowest BCUT2D eigenvalue weighted by atomic mass is 10.1. The molecule has 0 N–H and O–H groups in total. The summed E-state index contributed by atoms with van der Waals surface area (Å²) in [4.78, 5) is 0.362. The second-order valence-electron chi connectivity index (χ2n) is 4.16. The molecule has 1 nitrogen and oxygen atoms in total. The van der Waals surface area contributed by atoms with E-state index in [1.54, 1.807) is 7.11 Å². The van der Waals surface area contributed by atoms with E-state index in [9.17, 15) is 0 Å². The number of rotatable bonds is 3. The van der Waals surface area contributed by atoms with E-state index in [4.69, 9.17) is 16.3 Å². The molecule has 1 aliphatic rings. The van der Waals surface area contributed by atoms with E-state index in [0.717, 1.165) is 22.6 Å². The summed E-state index contributed by atoms with van der Waals surface area (Å²) in [6, 6.07) is 5.78. The number of benzene rings is 1. The van der Waals surface area contributed by atoms with E-state index in [-0.39, 0.29) is 0 Å². The summed E-state index contributed by atoms with van der Waals surface area (Å²) in [6.07, 6.45) is 1.28. The number of alkyl halides is 1. The fraction of sp³-hybridized carbons (Fsp3) is 0.500. The van der Waals surface area contributed by atoms with Crippen molar-refractivity contribution in [3.8, 4) is 5.75 Å². The zero-order valence-electron chi connectivity index (χ0n) is 8.84. The van der Waals surface area contributed by atoms with Gasteiger partial charge in [-0.1, -0.05) is 34.5 Å². The monoisotopic (exact) mass is 288 g/mol. The van der Waals surface area contributed by atoms with Crippen molar-refractivity contribution in [3.63, 3.8) is 0 Å². The van der Waals surface area contributed by atoms with E-state index < -0.39 is 0 Å². The summed E-state index contributed by atoms with van der Waals surface area (Å²) in [7, 11) is 1.70. The quantitative estimate of drug-likeness (QED) is 0.748. The average molecular weight is 290 g/mol. The van der Waals surface area contributed by atoms with Crippen molar-refractivity contribution < 1.29 is 4.74 Å². The van der Waals surface area contributed by atoms with Gasteiger partial charge in [-0.25, -0.2) is 0 Å². The first-order valence-corrected chi connectivity index (χ1v) is 6.40. The fourth-order valence-electron chi connectivity index (χ4n) is 1.91. The van der Waals surface area contributed by atoms with E-state index >= 15 is 0 Å². The summed E-state index contributed by atoms with van der Waals surface area (Å²) in [5.41, 5.74) is 1.17. The lowest BCUT2D eigenvalue weighted by molar-refractivity contribution is 0.408. The highest BCUT2D eigenvalue weighted by Crippen LogP contribution is 2.53. The zero-order chi connectivity index (χ0) is 11.0. The molecule has 1 aliphatic carbocycles. The van der Waals surface area contributed by atoms with Gasteiger partial charge < -0.3 is 4.74 Å². The van der Waals surface area contributed by atoms with Gasteiger partial charge in [-0.05, 0) is 36.5 Å². The van der Waals surface area contributed by atoms with E-state index in [2.05, 4.69) is 22.9 Å². The smallest absolute Gasteiger partial charge is 0.123 e. The molecule has 0 radical (unpaired) electrons. The van der Waals surface area contributed by atoms with Crippen LogP contribution in [0, 0.1) is 11.8 Å². The SMILES string of the molecule is COc1ccc(Cl)cc1C(Br)C1CC1C. The van der Waals surface area contributed by atoms with Crippen LogP contribution >= 0.6 is 27.5 Å². The molecule has 15 heavy (non-hydrogen) atoms. The van der Waals surface area contributed by atoms with Crippen molar-refractivity contribution >= 4 is 27.5 Å². The van der Waals surface area contributed by atoms with Crippen LogP contribution in [-0.4, -0.2) is 7.11 Å². The van der Waals surface area contributed by atoms with Gasteiger partial charge in [-0.2, -0.15) is 0 Å². The predicted molar refractivity (Wildman–Crippen MR) is 66.9 cm³/mol. The van der Waals surface area contributed by atoms with Gasteiger partial charge in [0.2, 0.25) is 0 Å². The van der Waals surface area contributed by atoms with Crippen LogP contribution in [-0.2, 0) is 0 Å². The molecule has 0 spiro atoms. The standard InChI is InChI=1S/C12H14BrClO/c1-7-5-9(7)12(13)10-6-8(14)3-4-11(10)15-2/h3-4,6-7,9,12H,5H2,1-2H3. The lowest BCUT2D eigenvalue weighted by Gasteiger charge is -2.14. The molecule has 1 fully saturated rings. The second kappa shape index (κ2) is 4.34. The van der Waals surface area contributed by atoms with Crippen LogP contribution in [0.2, 0.25) is 5.02 Å². The summed E-state index contributed by atoms with van der Waals surface area (Å²) in [5.74, 6) is 2.44. The molecule has 82 valence electrons. The largest absolute Gasteiger partial charge is 0.496 e. The maximum absolute atomic E-state index is 6.00. The van der Waals surface area contributed by atoms with Gasteiger partial charge in [0.25, 0.3) is 0 Å². The third kappa shape index (κ3) is 2.31. The Morgan fingerprint density at radius 2 is 2.20 bits per heavy atom. The van der Waals surface area contributed by atoms with Crippen LogP contribution < -0.4 is 4.74 Å². The van der Waals surface area contributed by atoms with Gasteiger partial charge >= 0.3 is 0 Å². The normalized spacial score (nSPS) is 26.1. The number of hydrogen-bond acceptors (Lipinski definition) is 1. The van der Waals surface area contributed by atoms with Crippen LogP contribution in [0.3, 0.4) is 0 Å². The zero-order valence-corrected chi connectivity index (χ0v) is 11.2. The van der Waals surface area contributed by atoms with Crippen LogP contribution in [0.4, 0.5) is 0 Å². The van der Waals surface area contributed by atoms with Gasteiger partial charge in [-0.15, -0.1) is 0 Å². The maximum Gasteiger partial charge on any atom is 0.123 e. The highest BCUT2D eigenvalue weighted by Gasteiger charge is 2.39. The van der Waals surface area contributed by atoms with Crippen LogP contribution in [0.15, 0.2) is 18.2 Å². The van der Waals surface area contributed by atoms with Crippen molar-refractivity contribution in [2.75, 3.05) is 7.11 Å².